The van der Waals surface area contributed by atoms with E-state index in [4.69, 9.17) is 4.98 Å². The topological polar surface area (TPSA) is 78.8 Å². The molecule has 164 valence electrons. The number of nitrogens with zero attached hydrogens (tertiary/aromatic N) is 4. The third-order valence-electron chi connectivity index (χ3n) is 6.31. The highest BCUT2D eigenvalue weighted by molar-refractivity contribution is 5.72. The van der Waals surface area contributed by atoms with E-state index in [1.165, 1.54) is 12.1 Å². The predicted octanol–water partition coefficient (Wildman–Crippen LogP) is 3.08. The molecule has 0 unspecified atom stereocenters. The van der Waals surface area contributed by atoms with E-state index in [2.05, 4.69) is 20.2 Å². The Morgan fingerprint density at radius 2 is 2.09 bits per heavy atom. The Morgan fingerprint density at radius 1 is 1.25 bits per heavy atom. The highest BCUT2D eigenvalue weighted by Crippen LogP contribution is 2.27. The second-order valence-electron chi connectivity index (χ2n) is 8.28. The first-order valence-corrected chi connectivity index (χ1v) is 10.7. The number of H-pyrrole nitrogens is 1. The van der Waals surface area contributed by atoms with Gasteiger partial charge in [0.2, 0.25) is 5.95 Å². The second kappa shape index (κ2) is 8.20. The van der Waals surface area contributed by atoms with Gasteiger partial charge in [0, 0.05) is 19.6 Å². The van der Waals surface area contributed by atoms with Crippen molar-refractivity contribution in [2.24, 2.45) is 0 Å². The lowest BCUT2D eigenvalue weighted by molar-refractivity contribution is 0.628. The normalized spacial score (nSPS) is 16.0. The second-order valence-corrected chi connectivity index (χ2v) is 8.28. The molecule has 2 aromatic carbocycles. The lowest BCUT2D eigenvalue weighted by atomic mass is 9.96. The molecule has 1 aliphatic rings. The third kappa shape index (κ3) is 3.67. The van der Waals surface area contributed by atoms with Crippen molar-refractivity contribution >= 4 is 17.1 Å². The number of halogens is 1. The molecule has 0 radical (unpaired) electrons. The van der Waals surface area contributed by atoms with Gasteiger partial charge in [-0.05, 0) is 54.3 Å². The number of aromatic nitrogens is 4. The molecule has 32 heavy (non-hydrogen) atoms. The van der Waals surface area contributed by atoms with Crippen molar-refractivity contribution in [2.45, 2.75) is 25.9 Å². The van der Waals surface area contributed by atoms with Gasteiger partial charge in [0.05, 0.1) is 12.7 Å². The van der Waals surface area contributed by atoms with Crippen LogP contribution in [0.5, 0.6) is 0 Å². The molecule has 8 heteroatoms. The molecule has 1 aliphatic heterocycles. The maximum absolute atomic E-state index is 13.8. The number of fused-ring (bicyclic) bond motifs is 1. The summed E-state index contributed by atoms with van der Waals surface area (Å²) in [7, 11) is 1.99. The first-order valence-electron chi connectivity index (χ1n) is 10.7. The van der Waals surface area contributed by atoms with Crippen LogP contribution in [-0.4, -0.2) is 45.7 Å². The van der Waals surface area contributed by atoms with E-state index < -0.39 is 0 Å². The Bertz CT molecular complexity index is 1340. The summed E-state index contributed by atoms with van der Waals surface area (Å²) < 4.78 is 15.4. The quantitative estimate of drug-likeness (QED) is 0.507. The van der Waals surface area contributed by atoms with Crippen LogP contribution in [0.25, 0.3) is 22.3 Å². The number of imidazole rings is 1. The summed E-state index contributed by atoms with van der Waals surface area (Å²) in [5.41, 5.74) is 4.69. The Balaban J connectivity index is 1.53. The van der Waals surface area contributed by atoms with Gasteiger partial charge in [-0.25, -0.2) is 14.2 Å². The van der Waals surface area contributed by atoms with Gasteiger partial charge in [0.15, 0.2) is 5.65 Å². The maximum atomic E-state index is 13.8. The van der Waals surface area contributed by atoms with Gasteiger partial charge in [-0.1, -0.05) is 30.3 Å². The van der Waals surface area contributed by atoms with Crippen molar-refractivity contribution < 1.29 is 4.39 Å². The molecule has 5 rings (SSSR count). The Hall–Kier alpha value is -3.52. The van der Waals surface area contributed by atoms with Gasteiger partial charge in [-0.2, -0.15) is 4.98 Å². The molecular weight excluding hydrogens is 407 g/mol. The molecule has 2 aromatic heterocycles. The number of hydrogen-bond donors (Lipinski definition) is 2. The van der Waals surface area contributed by atoms with Gasteiger partial charge >= 0.3 is 5.69 Å². The molecular formula is C24H25FN6O. The number of hydrogen-bond acceptors (Lipinski definition) is 5. The van der Waals surface area contributed by atoms with Crippen LogP contribution >= 0.6 is 0 Å². The largest absolute Gasteiger partial charge is 0.340 e. The molecule has 7 nitrogen and oxygen atoms in total. The van der Waals surface area contributed by atoms with Crippen molar-refractivity contribution in [3.8, 4) is 11.1 Å². The molecule has 1 atom stereocenters. The summed E-state index contributed by atoms with van der Waals surface area (Å²) in [5, 5.41) is 3.35. The number of anilines is 1. The molecule has 1 fully saturated rings. The van der Waals surface area contributed by atoms with Crippen molar-refractivity contribution in [3.63, 3.8) is 0 Å². The van der Waals surface area contributed by atoms with E-state index in [1.807, 2.05) is 38.2 Å². The minimum absolute atomic E-state index is 0.229. The van der Waals surface area contributed by atoms with Gasteiger partial charge in [-0.15, -0.1) is 0 Å². The van der Waals surface area contributed by atoms with Crippen molar-refractivity contribution in [1.29, 1.82) is 0 Å². The first-order chi connectivity index (χ1) is 15.5. The fourth-order valence-electron chi connectivity index (χ4n) is 4.38. The van der Waals surface area contributed by atoms with Crippen molar-refractivity contribution in [1.82, 2.24) is 24.8 Å². The zero-order chi connectivity index (χ0) is 22.2. The van der Waals surface area contributed by atoms with E-state index in [9.17, 15) is 9.18 Å². The molecule has 0 saturated carbocycles. The summed E-state index contributed by atoms with van der Waals surface area (Å²) in [5.74, 6) is 0.329. The molecule has 0 aliphatic carbocycles. The zero-order valence-corrected chi connectivity index (χ0v) is 18.1. The lowest BCUT2D eigenvalue weighted by Crippen LogP contribution is -2.34. The SMILES string of the molecule is Cc1c(Cn2c(=O)[nH]c3cnc(N(C)[C@@H]4CCNC4)nc32)cccc1-c1cccc(F)c1. The molecule has 0 spiro atoms. The Morgan fingerprint density at radius 3 is 2.88 bits per heavy atom. The summed E-state index contributed by atoms with van der Waals surface area (Å²) in [6.45, 7) is 4.23. The minimum Gasteiger partial charge on any atom is -0.340 e. The minimum atomic E-state index is -0.272. The fourth-order valence-corrected chi connectivity index (χ4v) is 4.38. The predicted molar refractivity (Wildman–Crippen MR) is 124 cm³/mol. The van der Waals surface area contributed by atoms with Crippen molar-refractivity contribution in [2.75, 3.05) is 25.0 Å². The highest BCUT2D eigenvalue weighted by atomic mass is 19.1. The monoisotopic (exact) mass is 432 g/mol. The number of rotatable bonds is 5. The summed E-state index contributed by atoms with van der Waals surface area (Å²) in [6.07, 6.45) is 2.70. The zero-order valence-electron chi connectivity index (χ0n) is 18.1. The van der Waals surface area contributed by atoms with Gasteiger partial charge < -0.3 is 15.2 Å². The molecule has 3 heterocycles. The van der Waals surface area contributed by atoms with Gasteiger partial charge in [-0.3, -0.25) is 4.57 Å². The van der Waals surface area contributed by atoms with Crippen molar-refractivity contribution in [3.05, 3.63) is 76.1 Å². The summed E-state index contributed by atoms with van der Waals surface area (Å²) in [4.78, 5) is 26.9. The average Bonchev–Trinajstić information content (AvgIpc) is 3.43. The fraction of sp³-hybridized carbons (Fsp3) is 0.292. The van der Waals surface area contributed by atoms with E-state index >= 15 is 0 Å². The van der Waals surface area contributed by atoms with Crippen LogP contribution in [0.1, 0.15) is 17.5 Å². The Labute approximate surface area is 184 Å². The van der Waals surface area contributed by atoms with Crippen LogP contribution in [0.4, 0.5) is 10.3 Å². The van der Waals surface area contributed by atoms with E-state index in [0.29, 0.717) is 29.7 Å². The van der Waals surface area contributed by atoms with E-state index in [0.717, 1.165) is 41.8 Å². The van der Waals surface area contributed by atoms with E-state index in [1.54, 1.807) is 16.8 Å². The number of nitrogens with one attached hydrogen (secondary N) is 2. The number of benzene rings is 2. The summed E-state index contributed by atoms with van der Waals surface area (Å²) in [6, 6.07) is 12.8. The van der Waals surface area contributed by atoms with Crippen LogP contribution in [0.15, 0.2) is 53.5 Å². The third-order valence-corrected chi connectivity index (χ3v) is 6.31. The van der Waals surface area contributed by atoms with Gasteiger partial charge in [0.25, 0.3) is 0 Å². The lowest BCUT2D eigenvalue weighted by Gasteiger charge is -2.23. The van der Waals surface area contributed by atoms with Crippen LogP contribution in [-0.2, 0) is 6.54 Å². The van der Waals surface area contributed by atoms with Crippen LogP contribution in [0, 0.1) is 12.7 Å². The molecule has 1 saturated heterocycles. The number of aromatic amines is 1. The maximum Gasteiger partial charge on any atom is 0.328 e. The standard InChI is InChI=1S/C24H25FN6O/c1-15-17(6-4-8-20(15)16-5-3-7-18(25)11-16)14-31-22-21(28-24(31)32)13-27-23(29-22)30(2)19-9-10-26-12-19/h3-8,11,13,19,26H,9-10,12,14H2,1-2H3,(H,28,32)/t19-/m1/s1. The molecule has 0 bridgehead atoms. The molecule has 2 N–H and O–H groups in total. The van der Waals surface area contributed by atoms with Gasteiger partial charge in [0.1, 0.15) is 11.3 Å². The van der Waals surface area contributed by atoms with Crippen LogP contribution in [0.3, 0.4) is 0 Å². The first kappa shape index (κ1) is 20.4. The average molecular weight is 433 g/mol. The van der Waals surface area contributed by atoms with Crippen LogP contribution < -0.4 is 15.9 Å². The van der Waals surface area contributed by atoms with E-state index in [-0.39, 0.29) is 11.5 Å². The molecule has 0 amide bonds. The Kier molecular flexibility index (Phi) is 5.22. The molecule has 4 aromatic rings. The highest BCUT2D eigenvalue weighted by Gasteiger charge is 2.22. The number of likely N-dealkylation sites (N-methyl/N-ethyl adjacent to an activating group) is 1. The van der Waals surface area contributed by atoms with Crippen LogP contribution in [0.2, 0.25) is 0 Å². The smallest absolute Gasteiger partial charge is 0.328 e. The summed E-state index contributed by atoms with van der Waals surface area (Å²) >= 11 is 0.